The molecule has 4 heteroatoms. The Morgan fingerprint density at radius 3 is 2.82 bits per heavy atom. The van der Waals surface area contributed by atoms with Crippen LogP contribution in [-0.4, -0.2) is 43.2 Å². The number of rotatable bonds is 6. The van der Waals surface area contributed by atoms with Crippen molar-refractivity contribution >= 4 is 6.03 Å². The fraction of sp³-hybridized carbons (Fsp3) is 0.611. The van der Waals surface area contributed by atoms with Crippen molar-refractivity contribution in [1.82, 2.24) is 15.5 Å². The maximum Gasteiger partial charge on any atom is 0.315 e. The van der Waals surface area contributed by atoms with Crippen molar-refractivity contribution in [2.45, 2.75) is 32.2 Å². The molecule has 0 unspecified atom stereocenters. The van der Waals surface area contributed by atoms with Crippen molar-refractivity contribution in [3.63, 3.8) is 0 Å². The molecule has 0 aromatic heterocycles. The van der Waals surface area contributed by atoms with E-state index in [0.717, 1.165) is 39.0 Å². The smallest absolute Gasteiger partial charge is 0.315 e. The van der Waals surface area contributed by atoms with Gasteiger partial charge in [0.25, 0.3) is 0 Å². The van der Waals surface area contributed by atoms with Gasteiger partial charge in [0.15, 0.2) is 0 Å². The number of carbonyl (C=O) groups is 1. The maximum atomic E-state index is 11.8. The van der Waals surface area contributed by atoms with Gasteiger partial charge in [-0.25, -0.2) is 4.79 Å². The lowest BCUT2D eigenvalue weighted by molar-refractivity contribution is 0.237. The molecule has 1 aromatic carbocycles. The van der Waals surface area contributed by atoms with Crippen LogP contribution < -0.4 is 10.6 Å². The average molecular weight is 301 g/mol. The van der Waals surface area contributed by atoms with Crippen molar-refractivity contribution in [2.24, 2.45) is 11.8 Å². The number of likely N-dealkylation sites (tertiary alicyclic amines) is 1. The predicted octanol–water partition coefficient (Wildman–Crippen LogP) is 2.26. The van der Waals surface area contributed by atoms with Gasteiger partial charge in [-0.2, -0.15) is 0 Å². The van der Waals surface area contributed by atoms with Gasteiger partial charge in [0.2, 0.25) is 0 Å². The minimum atomic E-state index is 0.0112. The van der Waals surface area contributed by atoms with E-state index >= 15 is 0 Å². The van der Waals surface area contributed by atoms with Gasteiger partial charge in [-0.15, -0.1) is 0 Å². The van der Waals surface area contributed by atoms with E-state index in [0.29, 0.717) is 17.9 Å². The van der Waals surface area contributed by atoms with Crippen LogP contribution in [0.3, 0.4) is 0 Å². The van der Waals surface area contributed by atoms with Crippen molar-refractivity contribution in [2.75, 3.05) is 26.2 Å². The molecule has 120 valence electrons. The zero-order valence-electron chi connectivity index (χ0n) is 13.4. The molecule has 1 saturated heterocycles. The van der Waals surface area contributed by atoms with Gasteiger partial charge in [-0.3, -0.25) is 0 Å². The Hall–Kier alpha value is -1.55. The summed E-state index contributed by atoms with van der Waals surface area (Å²) in [5.74, 6) is 1.25. The molecule has 2 fully saturated rings. The molecule has 0 bridgehead atoms. The third-order valence-electron chi connectivity index (χ3n) is 4.91. The lowest BCUT2D eigenvalue weighted by Gasteiger charge is -2.16. The Bertz CT molecular complexity index is 490. The number of hydrogen-bond acceptors (Lipinski definition) is 2. The highest BCUT2D eigenvalue weighted by Gasteiger charge is 2.34. The standard InChI is InChI=1S/C18H27N3O/c1-14-11-17(14)20-18(22)19-12-16-8-10-21(13-16)9-7-15-5-3-2-4-6-15/h2-6,14,16-17H,7-13H2,1H3,(H2,19,20,22)/t14-,16+,17-/m1/s1. The van der Waals surface area contributed by atoms with Crippen LogP contribution in [0.1, 0.15) is 25.3 Å². The zero-order valence-corrected chi connectivity index (χ0v) is 13.4. The minimum absolute atomic E-state index is 0.0112. The molecule has 2 N–H and O–H groups in total. The first-order chi connectivity index (χ1) is 10.7. The quantitative estimate of drug-likeness (QED) is 0.846. The summed E-state index contributed by atoms with van der Waals surface area (Å²) < 4.78 is 0. The number of amides is 2. The van der Waals surface area contributed by atoms with Gasteiger partial charge < -0.3 is 15.5 Å². The lowest BCUT2D eigenvalue weighted by Crippen LogP contribution is -2.40. The fourth-order valence-corrected chi connectivity index (χ4v) is 3.19. The Labute approximate surface area is 133 Å². The molecular weight excluding hydrogens is 274 g/mol. The van der Waals surface area contributed by atoms with Crippen LogP contribution >= 0.6 is 0 Å². The second-order valence-corrected chi connectivity index (χ2v) is 6.86. The number of urea groups is 1. The van der Waals surface area contributed by atoms with Crippen molar-refractivity contribution < 1.29 is 4.79 Å². The second kappa shape index (κ2) is 7.14. The highest BCUT2D eigenvalue weighted by molar-refractivity contribution is 5.74. The van der Waals surface area contributed by atoms with E-state index in [2.05, 4.69) is 52.8 Å². The van der Waals surface area contributed by atoms with Crippen LogP contribution in [-0.2, 0) is 6.42 Å². The fourth-order valence-electron chi connectivity index (χ4n) is 3.19. The molecular formula is C18H27N3O. The van der Waals surface area contributed by atoms with Gasteiger partial charge in [0.05, 0.1) is 0 Å². The highest BCUT2D eigenvalue weighted by atomic mass is 16.2. The third kappa shape index (κ3) is 4.47. The molecule has 4 nitrogen and oxygen atoms in total. The average Bonchev–Trinajstić information content (AvgIpc) is 3.03. The molecule has 22 heavy (non-hydrogen) atoms. The molecule has 2 aliphatic rings. The first-order valence-electron chi connectivity index (χ1n) is 8.51. The van der Waals surface area contributed by atoms with Crippen molar-refractivity contribution in [3.05, 3.63) is 35.9 Å². The minimum Gasteiger partial charge on any atom is -0.338 e. The summed E-state index contributed by atoms with van der Waals surface area (Å²) in [7, 11) is 0. The van der Waals surface area contributed by atoms with E-state index < -0.39 is 0 Å². The summed E-state index contributed by atoms with van der Waals surface area (Å²) in [6.45, 7) is 6.35. The number of nitrogens with one attached hydrogen (secondary N) is 2. The third-order valence-corrected chi connectivity index (χ3v) is 4.91. The molecule has 2 amide bonds. The molecule has 0 radical (unpaired) electrons. The van der Waals surface area contributed by atoms with E-state index in [1.165, 1.54) is 12.0 Å². The molecule has 1 saturated carbocycles. The summed E-state index contributed by atoms with van der Waals surface area (Å²) in [6.07, 6.45) is 3.43. The van der Waals surface area contributed by atoms with Crippen LogP contribution in [0, 0.1) is 11.8 Å². The van der Waals surface area contributed by atoms with Gasteiger partial charge in [0, 0.05) is 25.7 Å². The summed E-state index contributed by atoms with van der Waals surface area (Å²) in [6, 6.07) is 11.1. The summed E-state index contributed by atoms with van der Waals surface area (Å²) in [4.78, 5) is 14.3. The van der Waals surface area contributed by atoms with Crippen molar-refractivity contribution in [3.8, 4) is 0 Å². The van der Waals surface area contributed by atoms with E-state index in [9.17, 15) is 4.79 Å². The van der Waals surface area contributed by atoms with Crippen LogP contribution in [0.5, 0.6) is 0 Å². The van der Waals surface area contributed by atoms with Gasteiger partial charge in [-0.05, 0) is 43.2 Å². The number of hydrogen-bond donors (Lipinski definition) is 2. The zero-order chi connectivity index (χ0) is 15.4. The molecule has 1 aliphatic heterocycles. The van der Waals surface area contributed by atoms with E-state index in [-0.39, 0.29) is 6.03 Å². The van der Waals surface area contributed by atoms with E-state index in [1.54, 1.807) is 0 Å². The summed E-state index contributed by atoms with van der Waals surface area (Å²) in [5.41, 5.74) is 1.40. The monoisotopic (exact) mass is 301 g/mol. The molecule has 1 heterocycles. The molecule has 3 atom stereocenters. The summed E-state index contributed by atoms with van der Waals surface area (Å²) in [5, 5.41) is 6.06. The van der Waals surface area contributed by atoms with Crippen LogP contribution in [0.2, 0.25) is 0 Å². The largest absolute Gasteiger partial charge is 0.338 e. The van der Waals surface area contributed by atoms with Crippen LogP contribution in [0.15, 0.2) is 30.3 Å². The Morgan fingerprint density at radius 1 is 1.32 bits per heavy atom. The second-order valence-electron chi connectivity index (χ2n) is 6.86. The van der Waals surface area contributed by atoms with Crippen LogP contribution in [0.4, 0.5) is 4.79 Å². The molecule has 3 rings (SSSR count). The van der Waals surface area contributed by atoms with Gasteiger partial charge >= 0.3 is 6.03 Å². The molecule has 1 aliphatic carbocycles. The number of benzene rings is 1. The first kappa shape index (κ1) is 15.3. The Balaban J connectivity index is 1.31. The normalized spacial score (nSPS) is 27.6. The predicted molar refractivity (Wildman–Crippen MR) is 88.8 cm³/mol. The number of carbonyl (C=O) groups excluding carboxylic acids is 1. The maximum absolute atomic E-state index is 11.8. The topological polar surface area (TPSA) is 44.4 Å². The van der Waals surface area contributed by atoms with E-state index in [1.807, 2.05) is 0 Å². The highest BCUT2D eigenvalue weighted by Crippen LogP contribution is 2.28. The van der Waals surface area contributed by atoms with Gasteiger partial charge in [0.1, 0.15) is 0 Å². The molecule has 0 spiro atoms. The van der Waals surface area contributed by atoms with Crippen molar-refractivity contribution in [1.29, 1.82) is 0 Å². The Kier molecular flexibility index (Phi) is 4.98. The summed E-state index contributed by atoms with van der Waals surface area (Å²) >= 11 is 0. The number of nitrogens with zero attached hydrogens (tertiary/aromatic N) is 1. The SMILES string of the molecule is C[C@@H]1C[C@H]1NC(=O)NC[C@@H]1CCN(CCc2ccccc2)C1. The van der Waals surface area contributed by atoms with Crippen LogP contribution in [0.25, 0.3) is 0 Å². The first-order valence-corrected chi connectivity index (χ1v) is 8.51. The Morgan fingerprint density at radius 2 is 2.09 bits per heavy atom. The van der Waals surface area contributed by atoms with E-state index in [4.69, 9.17) is 0 Å². The lowest BCUT2D eigenvalue weighted by atomic mass is 10.1. The molecule has 1 aromatic rings. The van der Waals surface area contributed by atoms with Gasteiger partial charge in [-0.1, -0.05) is 37.3 Å².